The zero-order valence-corrected chi connectivity index (χ0v) is 13.7. The van der Waals surface area contributed by atoms with Gasteiger partial charge in [-0.25, -0.2) is 0 Å². The molecule has 0 aliphatic heterocycles. The van der Waals surface area contributed by atoms with Crippen LogP contribution in [0.25, 0.3) is 6.08 Å². The lowest BCUT2D eigenvalue weighted by molar-refractivity contribution is -0.127. The Morgan fingerprint density at radius 3 is 2.87 bits per heavy atom. The van der Waals surface area contributed by atoms with Crippen molar-refractivity contribution in [3.8, 4) is 0 Å². The van der Waals surface area contributed by atoms with Gasteiger partial charge in [-0.3, -0.25) is 9.78 Å². The van der Waals surface area contributed by atoms with Crippen molar-refractivity contribution in [2.45, 2.75) is 13.5 Å². The smallest absolute Gasteiger partial charge is 0.246 e. The van der Waals surface area contributed by atoms with E-state index >= 15 is 0 Å². The lowest BCUT2D eigenvalue weighted by atomic mass is 10.1. The zero-order valence-electron chi connectivity index (χ0n) is 12.9. The van der Waals surface area contributed by atoms with Crippen molar-refractivity contribution in [1.29, 1.82) is 0 Å². The quantitative estimate of drug-likeness (QED) is 0.828. The fourth-order valence-corrected chi connectivity index (χ4v) is 2.27. The molecule has 0 fully saturated rings. The molecule has 4 nitrogen and oxygen atoms in total. The lowest BCUT2D eigenvalue weighted by Crippen LogP contribution is -2.31. The molecule has 1 aromatic heterocycles. The molecule has 0 spiro atoms. The van der Waals surface area contributed by atoms with Gasteiger partial charge >= 0.3 is 0 Å². The predicted octanol–water partition coefficient (Wildman–Crippen LogP) is 3.08. The van der Waals surface area contributed by atoms with E-state index < -0.39 is 0 Å². The molecule has 0 saturated heterocycles. The van der Waals surface area contributed by atoms with E-state index in [0.29, 0.717) is 11.6 Å². The number of benzene rings is 1. The van der Waals surface area contributed by atoms with Crippen LogP contribution in [0.5, 0.6) is 0 Å². The molecule has 2 rings (SSSR count). The highest BCUT2D eigenvalue weighted by molar-refractivity contribution is 6.31. The normalized spacial score (nSPS) is 10.9. The van der Waals surface area contributed by atoms with E-state index in [0.717, 1.165) is 16.7 Å². The van der Waals surface area contributed by atoms with Gasteiger partial charge in [-0.05, 0) is 41.8 Å². The van der Waals surface area contributed by atoms with Crippen molar-refractivity contribution in [2.24, 2.45) is 0 Å². The summed E-state index contributed by atoms with van der Waals surface area (Å²) in [5.41, 5.74) is 2.77. The largest absolute Gasteiger partial charge is 0.395 e. The predicted molar refractivity (Wildman–Crippen MR) is 92.0 cm³/mol. The van der Waals surface area contributed by atoms with E-state index in [4.69, 9.17) is 16.7 Å². The van der Waals surface area contributed by atoms with E-state index in [2.05, 4.69) is 4.98 Å². The number of halogens is 1. The number of rotatable bonds is 6. The number of aromatic nitrogens is 1. The number of amides is 1. The second kappa shape index (κ2) is 8.46. The highest BCUT2D eigenvalue weighted by Gasteiger charge is 2.10. The molecule has 120 valence electrons. The first-order valence-corrected chi connectivity index (χ1v) is 7.71. The van der Waals surface area contributed by atoms with Gasteiger partial charge in [0.1, 0.15) is 0 Å². The Balaban J connectivity index is 2.08. The molecule has 2 aromatic rings. The molecule has 0 unspecified atom stereocenters. The number of carbonyl (C=O) groups excluding carboxylic acids is 1. The van der Waals surface area contributed by atoms with Gasteiger partial charge in [-0.15, -0.1) is 0 Å². The second-order valence-electron chi connectivity index (χ2n) is 5.19. The van der Waals surface area contributed by atoms with Gasteiger partial charge in [0.05, 0.1) is 6.61 Å². The number of hydrogen-bond donors (Lipinski definition) is 1. The Kier molecular flexibility index (Phi) is 6.32. The SMILES string of the molecule is Cc1ccc(/C=C/C(=O)N(CCO)Cc2cccnc2)cc1Cl. The van der Waals surface area contributed by atoms with Crippen LogP contribution in [0.15, 0.2) is 48.8 Å². The lowest BCUT2D eigenvalue weighted by Gasteiger charge is -2.20. The first kappa shape index (κ1) is 17.2. The maximum absolute atomic E-state index is 12.3. The minimum atomic E-state index is -0.167. The average molecular weight is 331 g/mol. The Hall–Kier alpha value is -2.17. The fourth-order valence-electron chi connectivity index (χ4n) is 2.09. The number of carbonyl (C=O) groups is 1. The topological polar surface area (TPSA) is 53.4 Å². The van der Waals surface area contributed by atoms with Crippen molar-refractivity contribution in [1.82, 2.24) is 9.88 Å². The Labute approximate surface area is 141 Å². The summed E-state index contributed by atoms with van der Waals surface area (Å²) in [7, 11) is 0. The first-order chi connectivity index (χ1) is 11.1. The first-order valence-electron chi connectivity index (χ1n) is 7.33. The van der Waals surface area contributed by atoms with Crippen molar-refractivity contribution in [3.05, 3.63) is 70.5 Å². The molecule has 1 N–H and O–H groups in total. The summed E-state index contributed by atoms with van der Waals surface area (Å²) in [6.07, 6.45) is 6.61. The van der Waals surface area contributed by atoms with Crippen LogP contribution in [-0.2, 0) is 11.3 Å². The van der Waals surface area contributed by atoms with Crippen molar-refractivity contribution in [2.75, 3.05) is 13.2 Å². The van der Waals surface area contributed by atoms with Crippen LogP contribution in [0, 0.1) is 6.92 Å². The van der Waals surface area contributed by atoms with Crippen molar-refractivity contribution >= 4 is 23.6 Å². The third-order valence-corrected chi connectivity index (χ3v) is 3.80. The highest BCUT2D eigenvalue weighted by Crippen LogP contribution is 2.17. The Morgan fingerprint density at radius 1 is 1.39 bits per heavy atom. The molecule has 0 atom stereocenters. The van der Waals surface area contributed by atoms with Gasteiger partial charge in [0, 0.05) is 36.6 Å². The molecular formula is C18H19ClN2O2. The summed E-state index contributed by atoms with van der Waals surface area (Å²) < 4.78 is 0. The summed E-state index contributed by atoms with van der Waals surface area (Å²) in [6, 6.07) is 9.35. The second-order valence-corrected chi connectivity index (χ2v) is 5.59. The maximum atomic E-state index is 12.3. The number of nitrogens with zero attached hydrogens (tertiary/aromatic N) is 2. The van der Waals surface area contributed by atoms with Crippen molar-refractivity contribution in [3.63, 3.8) is 0 Å². The van der Waals surface area contributed by atoms with Gasteiger partial charge in [0.15, 0.2) is 0 Å². The van der Waals surface area contributed by atoms with Crippen LogP contribution in [0.2, 0.25) is 5.02 Å². The maximum Gasteiger partial charge on any atom is 0.246 e. The Morgan fingerprint density at radius 2 is 2.22 bits per heavy atom. The molecule has 23 heavy (non-hydrogen) atoms. The van der Waals surface area contributed by atoms with Gasteiger partial charge in [0.2, 0.25) is 5.91 Å². The van der Waals surface area contributed by atoms with Crippen molar-refractivity contribution < 1.29 is 9.90 Å². The van der Waals surface area contributed by atoms with Gasteiger partial charge < -0.3 is 10.0 Å². The van der Waals surface area contributed by atoms with Crippen LogP contribution in [0.4, 0.5) is 0 Å². The molecular weight excluding hydrogens is 312 g/mol. The molecule has 5 heteroatoms. The minimum absolute atomic E-state index is 0.0871. The monoisotopic (exact) mass is 330 g/mol. The van der Waals surface area contributed by atoms with Crippen LogP contribution >= 0.6 is 11.6 Å². The van der Waals surface area contributed by atoms with E-state index in [1.807, 2.05) is 37.3 Å². The van der Waals surface area contributed by atoms with Gasteiger partial charge in [-0.1, -0.05) is 29.8 Å². The fraction of sp³-hybridized carbons (Fsp3) is 0.222. The third-order valence-electron chi connectivity index (χ3n) is 3.39. The number of aliphatic hydroxyl groups excluding tert-OH is 1. The van der Waals surface area contributed by atoms with E-state index in [1.165, 1.54) is 6.08 Å². The van der Waals surface area contributed by atoms with E-state index in [1.54, 1.807) is 23.4 Å². The molecule has 0 bridgehead atoms. The van der Waals surface area contributed by atoms with E-state index in [9.17, 15) is 4.79 Å². The van der Waals surface area contributed by atoms with Crippen LogP contribution in [-0.4, -0.2) is 34.0 Å². The van der Waals surface area contributed by atoms with E-state index in [-0.39, 0.29) is 19.1 Å². The van der Waals surface area contributed by atoms with Crippen LogP contribution < -0.4 is 0 Å². The average Bonchev–Trinajstić information content (AvgIpc) is 2.56. The summed E-state index contributed by atoms with van der Waals surface area (Å²) in [5, 5.41) is 9.83. The van der Waals surface area contributed by atoms with Crippen LogP contribution in [0.3, 0.4) is 0 Å². The Bertz CT molecular complexity index is 687. The standard InChI is InChI=1S/C18H19ClN2O2/c1-14-4-5-15(11-17(14)19)6-7-18(23)21(9-10-22)13-16-3-2-8-20-12-16/h2-8,11-12,22H,9-10,13H2,1H3/b7-6+. The molecule has 0 radical (unpaired) electrons. The molecule has 0 aliphatic carbocycles. The molecule has 1 amide bonds. The highest BCUT2D eigenvalue weighted by atomic mass is 35.5. The summed E-state index contributed by atoms with van der Waals surface area (Å²) in [6.45, 7) is 2.52. The van der Waals surface area contributed by atoms with Gasteiger partial charge in [0.25, 0.3) is 0 Å². The minimum Gasteiger partial charge on any atom is -0.395 e. The summed E-state index contributed by atoms with van der Waals surface area (Å²) in [5.74, 6) is -0.167. The molecule has 1 aromatic carbocycles. The number of aryl methyl sites for hydroxylation is 1. The number of pyridine rings is 1. The zero-order chi connectivity index (χ0) is 16.7. The summed E-state index contributed by atoms with van der Waals surface area (Å²) >= 11 is 6.08. The summed E-state index contributed by atoms with van der Waals surface area (Å²) in [4.78, 5) is 17.9. The third kappa shape index (κ3) is 5.20. The number of hydrogen-bond acceptors (Lipinski definition) is 3. The molecule has 0 saturated carbocycles. The van der Waals surface area contributed by atoms with Gasteiger partial charge in [-0.2, -0.15) is 0 Å². The molecule has 1 heterocycles. The molecule has 0 aliphatic rings. The number of aliphatic hydroxyl groups is 1. The van der Waals surface area contributed by atoms with Crippen LogP contribution in [0.1, 0.15) is 16.7 Å².